The van der Waals surface area contributed by atoms with E-state index in [0.717, 1.165) is 11.1 Å². The van der Waals surface area contributed by atoms with Gasteiger partial charge in [-0.1, -0.05) is 35.9 Å². The lowest BCUT2D eigenvalue weighted by Gasteiger charge is -2.12. The van der Waals surface area contributed by atoms with Crippen LogP contribution in [0.25, 0.3) is 11.1 Å². The molecule has 2 aromatic rings. The molecule has 0 unspecified atom stereocenters. The Morgan fingerprint density at radius 2 is 1.78 bits per heavy atom. The first-order valence-corrected chi connectivity index (χ1v) is 5.77. The topological polar surface area (TPSA) is 63.3 Å². The van der Waals surface area contributed by atoms with Crippen molar-refractivity contribution >= 4 is 23.3 Å². The molecule has 0 aliphatic rings. The molecule has 0 heterocycles. The average Bonchev–Trinajstić information content (AvgIpc) is 2.33. The van der Waals surface area contributed by atoms with Gasteiger partial charge in [0.2, 0.25) is 0 Å². The maximum Gasteiger partial charge on any atom is 0.337 e. The van der Waals surface area contributed by atoms with Gasteiger partial charge in [0.25, 0.3) is 0 Å². The van der Waals surface area contributed by atoms with Crippen LogP contribution in [0.3, 0.4) is 0 Å². The van der Waals surface area contributed by atoms with E-state index in [1.165, 1.54) is 6.07 Å². The lowest BCUT2D eigenvalue weighted by atomic mass is 9.97. The summed E-state index contributed by atoms with van der Waals surface area (Å²) >= 11 is 6.06. The zero-order valence-electron chi connectivity index (χ0n) is 9.77. The van der Waals surface area contributed by atoms with Gasteiger partial charge in [0.1, 0.15) is 0 Å². The SMILES string of the molecule is Cc1c(Cl)cccc1-c1cccc(C(=O)O)c1N. The summed E-state index contributed by atoms with van der Waals surface area (Å²) in [6, 6.07) is 10.4. The minimum atomic E-state index is -1.03. The van der Waals surface area contributed by atoms with Crippen molar-refractivity contribution in [1.29, 1.82) is 0 Å². The Labute approximate surface area is 110 Å². The number of carboxylic acid groups (broad SMARTS) is 1. The number of anilines is 1. The largest absolute Gasteiger partial charge is 0.478 e. The second kappa shape index (κ2) is 4.70. The number of aromatic carboxylic acids is 1. The summed E-state index contributed by atoms with van der Waals surface area (Å²) in [5, 5.41) is 9.69. The first-order valence-electron chi connectivity index (χ1n) is 5.39. The van der Waals surface area contributed by atoms with Gasteiger partial charge in [-0.2, -0.15) is 0 Å². The molecule has 4 heteroatoms. The van der Waals surface area contributed by atoms with E-state index in [1.807, 2.05) is 19.1 Å². The molecule has 0 saturated heterocycles. The maximum atomic E-state index is 11.1. The summed E-state index contributed by atoms with van der Waals surface area (Å²) in [6.07, 6.45) is 0. The van der Waals surface area contributed by atoms with Crippen LogP contribution in [0.5, 0.6) is 0 Å². The monoisotopic (exact) mass is 261 g/mol. The van der Waals surface area contributed by atoms with E-state index in [9.17, 15) is 4.79 Å². The van der Waals surface area contributed by atoms with Crippen LogP contribution in [0.15, 0.2) is 36.4 Å². The fourth-order valence-electron chi connectivity index (χ4n) is 1.89. The molecule has 2 aromatic carbocycles. The third kappa shape index (κ3) is 2.05. The highest BCUT2D eigenvalue weighted by atomic mass is 35.5. The van der Waals surface area contributed by atoms with Gasteiger partial charge in [-0.3, -0.25) is 0 Å². The summed E-state index contributed by atoms with van der Waals surface area (Å²) in [5.41, 5.74) is 8.70. The fraction of sp³-hybridized carbons (Fsp3) is 0.0714. The summed E-state index contributed by atoms with van der Waals surface area (Å²) in [6.45, 7) is 1.88. The summed E-state index contributed by atoms with van der Waals surface area (Å²) in [7, 11) is 0. The van der Waals surface area contributed by atoms with Gasteiger partial charge in [-0.05, 0) is 30.2 Å². The molecule has 0 aliphatic carbocycles. The maximum absolute atomic E-state index is 11.1. The molecule has 0 amide bonds. The number of para-hydroxylation sites is 1. The number of benzene rings is 2. The van der Waals surface area contributed by atoms with Crippen LogP contribution in [-0.2, 0) is 0 Å². The molecule has 0 spiro atoms. The van der Waals surface area contributed by atoms with E-state index in [-0.39, 0.29) is 11.3 Å². The molecule has 0 aliphatic heterocycles. The normalized spacial score (nSPS) is 10.3. The Morgan fingerprint density at radius 3 is 2.44 bits per heavy atom. The highest BCUT2D eigenvalue weighted by molar-refractivity contribution is 6.31. The minimum Gasteiger partial charge on any atom is -0.478 e. The van der Waals surface area contributed by atoms with E-state index in [1.54, 1.807) is 18.2 Å². The Balaban J connectivity index is 2.69. The molecule has 92 valence electrons. The van der Waals surface area contributed by atoms with E-state index < -0.39 is 5.97 Å². The highest BCUT2D eigenvalue weighted by Crippen LogP contribution is 2.33. The fourth-order valence-corrected chi connectivity index (χ4v) is 2.06. The van der Waals surface area contributed by atoms with Gasteiger partial charge in [0.15, 0.2) is 0 Å². The van der Waals surface area contributed by atoms with Crippen molar-refractivity contribution < 1.29 is 9.90 Å². The number of hydrogen-bond donors (Lipinski definition) is 2. The van der Waals surface area contributed by atoms with Crippen molar-refractivity contribution in [2.24, 2.45) is 0 Å². The van der Waals surface area contributed by atoms with Gasteiger partial charge < -0.3 is 10.8 Å². The molecule has 0 radical (unpaired) electrons. The van der Waals surface area contributed by atoms with Crippen LogP contribution in [0.2, 0.25) is 5.02 Å². The van der Waals surface area contributed by atoms with Gasteiger partial charge in [0.05, 0.1) is 11.3 Å². The Bertz CT molecular complexity index is 623. The van der Waals surface area contributed by atoms with Crippen molar-refractivity contribution in [3.63, 3.8) is 0 Å². The highest BCUT2D eigenvalue weighted by Gasteiger charge is 2.14. The third-order valence-corrected chi connectivity index (χ3v) is 3.30. The Hall–Kier alpha value is -2.00. The molecule has 0 saturated carbocycles. The minimum absolute atomic E-state index is 0.104. The number of nitrogens with two attached hydrogens (primary N) is 1. The second-order valence-corrected chi connectivity index (χ2v) is 4.39. The predicted octanol–water partition coefficient (Wildman–Crippen LogP) is 3.60. The summed E-state index contributed by atoms with van der Waals surface area (Å²) < 4.78 is 0. The molecule has 3 N–H and O–H groups in total. The number of carboxylic acids is 1. The quantitative estimate of drug-likeness (QED) is 0.812. The number of rotatable bonds is 2. The summed E-state index contributed by atoms with van der Waals surface area (Å²) in [4.78, 5) is 11.1. The summed E-state index contributed by atoms with van der Waals surface area (Å²) in [5.74, 6) is -1.03. The Kier molecular flexibility index (Phi) is 3.26. The molecule has 18 heavy (non-hydrogen) atoms. The van der Waals surface area contributed by atoms with Gasteiger partial charge in [-0.25, -0.2) is 4.79 Å². The van der Waals surface area contributed by atoms with Crippen molar-refractivity contribution in [2.45, 2.75) is 6.92 Å². The average molecular weight is 262 g/mol. The predicted molar refractivity (Wildman–Crippen MR) is 73.0 cm³/mol. The zero-order valence-corrected chi connectivity index (χ0v) is 10.5. The molecule has 3 nitrogen and oxygen atoms in total. The zero-order chi connectivity index (χ0) is 13.3. The van der Waals surface area contributed by atoms with Crippen LogP contribution in [0.1, 0.15) is 15.9 Å². The van der Waals surface area contributed by atoms with E-state index in [4.69, 9.17) is 22.4 Å². The molecule has 0 atom stereocenters. The van der Waals surface area contributed by atoms with Crippen molar-refractivity contribution in [1.82, 2.24) is 0 Å². The lowest BCUT2D eigenvalue weighted by Crippen LogP contribution is -2.04. The first-order chi connectivity index (χ1) is 8.52. The van der Waals surface area contributed by atoms with Crippen molar-refractivity contribution in [3.8, 4) is 11.1 Å². The van der Waals surface area contributed by atoms with Crippen LogP contribution in [0.4, 0.5) is 5.69 Å². The van der Waals surface area contributed by atoms with Gasteiger partial charge >= 0.3 is 5.97 Å². The standard InChI is InChI=1S/C14H12ClNO2/c1-8-9(4-3-7-12(8)15)10-5-2-6-11(13(10)16)14(17)18/h2-7H,16H2,1H3,(H,17,18). The number of hydrogen-bond acceptors (Lipinski definition) is 2. The van der Waals surface area contributed by atoms with Crippen LogP contribution < -0.4 is 5.73 Å². The van der Waals surface area contributed by atoms with Crippen molar-refractivity contribution in [3.05, 3.63) is 52.5 Å². The van der Waals surface area contributed by atoms with Crippen LogP contribution in [-0.4, -0.2) is 11.1 Å². The molecular formula is C14H12ClNO2. The molecular weight excluding hydrogens is 250 g/mol. The van der Waals surface area contributed by atoms with Crippen LogP contribution >= 0.6 is 11.6 Å². The Morgan fingerprint density at radius 1 is 1.17 bits per heavy atom. The lowest BCUT2D eigenvalue weighted by molar-refractivity contribution is 0.0698. The van der Waals surface area contributed by atoms with E-state index in [2.05, 4.69) is 0 Å². The van der Waals surface area contributed by atoms with Crippen LogP contribution in [0, 0.1) is 6.92 Å². The van der Waals surface area contributed by atoms with E-state index in [0.29, 0.717) is 10.6 Å². The number of carbonyl (C=O) groups is 1. The molecule has 0 fully saturated rings. The number of nitrogen functional groups attached to an aromatic ring is 1. The van der Waals surface area contributed by atoms with Gasteiger partial charge in [0, 0.05) is 10.6 Å². The molecule has 0 aromatic heterocycles. The first kappa shape index (κ1) is 12.5. The molecule has 0 bridgehead atoms. The number of halogens is 1. The van der Waals surface area contributed by atoms with Gasteiger partial charge in [-0.15, -0.1) is 0 Å². The van der Waals surface area contributed by atoms with Crippen molar-refractivity contribution in [2.75, 3.05) is 5.73 Å². The van der Waals surface area contributed by atoms with E-state index >= 15 is 0 Å². The smallest absolute Gasteiger partial charge is 0.337 e. The molecule has 2 rings (SSSR count). The second-order valence-electron chi connectivity index (χ2n) is 3.98. The third-order valence-electron chi connectivity index (χ3n) is 2.89.